The second-order valence-corrected chi connectivity index (χ2v) is 18.6. The van der Waals surface area contributed by atoms with Gasteiger partial charge in [0, 0.05) is 6.42 Å². The highest BCUT2D eigenvalue weighted by Gasteiger charge is 2.34. The number of aliphatic carboxylic acids is 1. The van der Waals surface area contributed by atoms with Crippen LogP contribution in [0.1, 0.15) is 65.9 Å². The second kappa shape index (κ2) is 33.7. The zero-order chi connectivity index (χ0) is 55.4. The highest BCUT2D eigenvalue weighted by Crippen LogP contribution is 2.09. The summed E-state index contributed by atoms with van der Waals surface area (Å²) in [6, 6.07) is -3.31. The number of hydrogen-bond acceptors (Lipinski definition) is 16. The third-order valence-electron chi connectivity index (χ3n) is 10.4. The van der Waals surface area contributed by atoms with Gasteiger partial charge >= 0.3 is 5.97 Å². The molecule has 1 rings (SSSR count). The van der Waals surface area contributed by atoms with E-state index in [0.717, 1.165) is 0 Å². The molecule has 0 aliphatic heterocycles. The molecular formula is C45H72N12O15S. The standard InChI is InChI=1S/C45H72N12O15S/c1-23(2)14-28(38(47)65)52-36(62)20-48-35(61)19-49-40(67)32(21-58)56-43(70)30(16-26-10-8-7-9-11-26)53-39(66)25(5)50-42(69)29(15-24(3)4)54-45(72)33(22-59)57-44(71)31(17-37(63)64)55-41(68)27(12-13-73-6)51-34(60)18-46/h7-11,23-25,27-33,58-59H,12-22,46H2,1-6H3,(H2,47,65)(H,48,61)(H,49,67)(H,50,69)(H,51,60)(H,52,62)(H,53,66)(H,54,72)(H,55,68)(H,56,70)(H,57,71)(H,63,64)/t25-,27-,28+,29+,30+,31-,32+,33+/m0/s1. The van der Waals surface area contributed by atoms with Crippen molar-refractivity contribution < 1.29 is 72.9 Å². The number of primary amides is 1. The molecule has 17 N–H and O–H groups in total. The molecule has 0 aliphatic carbocycles. The van der Waals surface area contributed by atoms with Crippen molar-refractivity contribution in [1.29, 1.82) is 0 Å². The molecule has 8 atom stereocenters. The lowest BCUT2D eigenvalue weighted by molar-refractivity contribution is -0.141. The van der Waals surface area contributed by atoms with Crippen LogP contribution in [0.25, 0.3) is 0 Å². The fourth-order valence-electron chi connectivity index (χ4n) is 6.55. The van der Waals surface area contributed by atoms with E-state index in [0.29, 0.717) is 11.3 Å². The number of amides is 11. The number of carboxylic acids is 1. The minimum absolute atomic E-state index is 0.0256. The van der Waals surface area contributed by atoms with Gasteiger partial charge in [0.05, 0.1) is 39.3 Å². The van der Waals surface area contributed by atoms with Crippen LogP contribution in [-0.4, -0.2) is 179 Å². The number of aliphatic hydroxyl groups excluding tert-OH is 2. The first-order chi connectivity index (χ1) is 34.3. The van der Waals surface area contributed by atoms with Crippen LogP contribution in [-0.2, 0) is 64.0 Å². The number of hydrogen-bond donors (Lipinski definition) is 15. The molecule has 0 spiro atoms. The Morgan fingerprint density at radius 3 is 1.53 bits per heavy atom. The molecule has 0 fully saturated rings. The fraction of sp³-hybridized carbons (Fsp3) is 0.600. The van der Waals surface area contributed by atoms with Crippen molar-refractivity contribution in [3.8, 4) is 0 Å². The summed E-state index contributed by atoms with van der Waals surface area (Å²) in [5, 5.41) is 53.0. The highest BCUT2D eigenvalue weighted by atomic mass is 32.2. The monoisotopic (exact) mass is 1050 g/mol. The maximum atomic E-state index is 13.7. The van der Waals surface area contributed by atoms with Gasteiger partial charge in [0.1, 0.15) is 48.3 Å². The van der Waals surface area contributed by atoms with Crippen LogP contribution in [0.15, 0.2) is 30.3 Å². The van der Waals surface area contributed by atoms with Crippen LogP contribution in [0.5, 0.6) is 0 Å². The van der Waals surface area contributed by atoms with Gasteiger partial charge in [-0.2, -0.15) is 11.8 Å². The Kier molecular flexibility index (Phi) is 29.6. The van der Waals surface area contributed by atoms with Gasteiger partial charge in [-0.1, -0.05) is 58.0 Å². The van der Waals surface area contributed by atoms with Gasteiger partial charge in [0.2, 0.25) is 65.0 Å². The lowest BCUT2D eigenvalue weighted by Gasteiger charge is -2.27. The number of carbonyl (C=O) groups excluding carboxylic acids is 11. The molecule has 0 heterocycles. The lowest BCUT2D eigenvalue weighted by atomic mass is 10.0. The molecule has 0 radical (unpaired) electrons. The smallest absolute Gasteiger partial charge is 0.305 e. The van der Waals surface area contributed by atoms with Crippen molar-refractivity contribution in [3.05, 3.63) is 35.9 Å². The van der Waals surface area contributed by atoms with Crippen LogP contribution in [0, 0.1) is 11.8 Å². The summed E-state index contributed by atoms with van der Waals surface area (Å²) in [5.74, 6) is -11.4. The fourth-order valence-corrected chi connectivity index (χ4v) is 7.02. The SMILES string of the molecule is CSCC[C@H](NC(=O)CN)C(=O)N[C@@H](CC(=O)O)C(=O)N[C@H](CO)C(=O)N[C@H](CC(C)C)C(=O)N[C@@H](C)C(=O)N[C@H](Cc1ccccc1)C(=O)N[C@H](CO)C(=O)NCC(=O)NCC(=O)N[C@H](CC(C)C)C(N)=O. The predicted molar refractivity (Wildman–Crippen MR) is 264 cm³/mol. The molecule has 1 aromatic carbocycles. The zero-order valence-electron chi connectivity index (χ0n) is 41.7. The lowest BCUT2D eigenvalue weighted by Crippen LogP contribution is -2.61. The Hall–Kier alpha value is -6.91. The number of benzene rings is 1. The Morgan fingerprint density at radius 2 is 1.00 bits per heavy atom. The molecule has 73 heavy (non-hydrogen) atoms. The Labute approximate surface area is 426 Å². The van der Waals surface area contributed by atoms with Gasteiger partial charge < -0.3 is 80.0 Å². The first kappa shape index (κ1) is 64.1. The van der Waals surface area contributed by atoms with Gasteiger partial charge in [-0.15, -0.1) is 0 Å². The summed E-state index contributed by atoms with van der Waals surface area (Å²) in [6.45, 7) is 4.59. The summed E-state index contributed by atoms with van der Waals surface area (Å²) < 4.78 is 0. The third kappa shape index (κ3) is 25.4. The number of thioether (sulfide) groups is 1. The van der Waals surface area contributed by atoms with Crippen LogP contribution in [0.3, 0.4) is 0 Å². The molecule has 28 heteroatoms. The van der Waals surface area contributed by atoms with Crippen molar-refractivity contribution in [2.24, 2.45) is 23.3 Å². The Balaban J connectivity index is 3.12. The molecular weight excluding hydrogens is 981 g/mol. The van der Waals surface area contributed by atoms with Crippen LogP contribution < -0.4 is 64.6 Å². The van der Waals surface area contributed by atoms with Crippen molar-refractivity contribution in [2.75, 3.05) is 44.9 Å². The zero-order valence-corrected chi connectivity index (χ0v) is 42.6. The molecule has 0 aliphatic rings. The van der Waals surface area contributed by atoms with Gasteiger partial charge in [0.25, 0.3) is 0 Å². The van der Waals surface area contributed by atoms with E-state index < -0.39 is 159 Å². The topological polar surface area (TPSA) is 438 Å². The summed E-state index contributed by atoms with van der Waals surface area (Å²) >= 11 is 1.35. The van der Waals surface area contributed by atoms with E-state index in [1.54, 1.807) is 50.4 Å². The summed E-state index contributed by atoms with van der Waals surface area (Å²) in [6.07, 6.45) is 0.935. The van der Waals surface area contributed by atoms with E-state index in [1.165, 1.54) is 18.7 Å². The van der Waals surface area contributed by atoms with Crippen molar-refractivity contribution in [3.63, 3.8) is 0 Å². The first-order valence-electron chi connectivity index (χ1n) is 23.3. The van der Waals surface area contributed by atoms with E-state index in [-0.39, 0.29) is 37.5 Å². The number of carboxylic acid groups (broad SMARTS) is 1. The molecule has 0 bridgehead atoms. The average molecular weight is 1050 g/mol. The van der Waals surface area contributed by atoms with Crippen LogP contribution in [0.4, 0.5) is 0 Å². The minimum atomic E-state index is -1.79. The maximum absolute atomic E-state index is 13.7. The van der Waals surface area contributed by atoms with Gasteiger partial charge in [0.15, 0.2) is 0 Å². The number of carbonyl (C=O) groups is 12. The summed E-state index contributed by atoms with van der Waals surface area (Å²) in [4.78, 5) is 154. The summed E-state index contributed by atoms with van der Waals surface area (Å²) in [5.41, 5.74) is 11.2. The van der Waals surface area contributed by atoms with Crippen molar-refractivity contribution in [2.45, 2.75) is 115 Å². The molecule has 0 saturated carbocycles. The number of nitrogens with one attached hydrogen (secondary N) is 10. The quantitative estimate of drug-likeness (QED) is 0.0306. The molecule has 11 amide bonds. The molecule has 0 unspecified atom stereocenters. The number of nitrogens with two attached hydrogens (primary N) is 2. The van der Waals surface area contributed by atoms with Crippen molar-refractivity contribution in [1.82, 2.24) is 53.2 Å². The highest BCUT2D eigenvalue weighted by molar-refractivity contribution is 7.98. The van der Waals surface area contributed by atoms with Gasteiger partial charge in [-0.3, -0.25) is 57.5 Å². The Morgan fingerprint density at radius 1 is 0.534 bits per heavy atom. The largest absolute Gasteiger partial charge is 0.481 e. The van der Waals surface area contributed by atoms with Gasteiger partial charge in [-0.05, 0) is 55.6 Å². The third-order valence-corrected chi connectivity index (χ3v) is 11.0. The van der Waals surface area contributed by atoms with E-state index in [2.05, 4.69) is 53.2 Å². The number of rotatable bonds is 34. The van der Waals surface area contributed by atoms with E-state index in [1.807, 2.05) is 13.8 Å². The van der Waals surface area contributed by atoms with E-state index >= 15 is 0 Å². The average Bonchev–Trinajstić information content (AvgIpc) is 3.33. The number of aliphatic hydroxyl groups is 2. The van der Waals surface area contributed by atoms with Crippen LogP contribution >= 0.6 is 11.8 Å². The molecule has 0 saturated heterocycles. The Bertz CT molecular complexity index is 2070. The second-order valence-electron chi connectivity index (χ2n) is 17.6. The van der Waals surface area contributed by atoms with E-state index in [4.69, 9.17) is 11.5 Å². The molecule has 0 aromatic heterocycles. The van der Waals surface area contributed by atoms with Crippen molar-refractivity contribution >= 4 is 82.7 Å². The molecule has 27 nitrogen and oxygen atoms in total. The summed E-state index contributed by atoms with van der Waals surface area (Å²) in [7, 11) is 0. The normalized spacial score (nSPS) is 14.2. The van der Waals surface area contributed by atoms with Crippen LogP contribution in [0.2, 0.25) is 0 Å². The molecule has 408 valence electrons. The first-order valence-corrected chi connectivity index (χ1v) is 24.7. The maximum Gasteiger partial charge on any atom is 0.305 e. The minimum Gasteiger partial charge on any atom is -0.481 e. The molecule has 1 aromatic rings. The van der Waals surface area contributed by atoms with Gasteiger partial charge in [-0.25, -0.2) is 0 Å². The van der Waals surface area contributed by atoms with E-state index in [9.17, 15) is 72.9 Å². The predicted octanol–water partition coefficient (Wildman–Crippen LogP) is -5.89.